The molecule has 4 heteroatoms. The number of hydrogen-bond donors (Lipinski definition) is 1. The standard InChI is InChI=1S/C18H23N3O/c1-3-4-11-21(13-15-8-6-5-7-14(15)2)18(22)17-12-16(19)9-10-20-17/h5-10,12H,3-4,11,13H2,1-2H3,(H2,19,20). The van der Waals surface area contributed by atoms with Crippen LogP contribution in [0.1, 0.15) is 41.4 Å². The van der Waals surface area contributed by atoms with Gasteiger partial charge in [0.1, 0.15) is 5.69 Å². The third-order valence-electron chi connectivity index (χ3n) is 3.69. The van der Waals surface area contributed by atoms with E-state index in [0.717, 1.165) is 24.9 Å². The highest BCUT2D eigenvalue weighted by molar-refractivity contribution is 5.93. The molecule has 0 fully saturated rings. The summed E-state index contributed by atoms with van der Waals surface area (Å²) < 4.78 is 0. The Bertz CT molecular complexity index is 640. The highest BCUT2D eigenvalue weighted by Gasteiger charge is 2.17. The van der Waals surface area contributed by atoms with Gasteiger partial charge in [-0.2, -0.15) is 0 Å². The highest BCUT2D eigenvalue weighted by Crippen LogP contribution is 2.14. The van der Waals surface area contributed by atoms with Crippen LogP contribution in [0.25, 0.3) is 0 Å². The third-order valence-corrected chi connectivity index (χ3v) is 3.69. The van der Waals surface area contributed by atoms with E-state index >= 15 is 0 Å². The fraction of sp³-hybridized carbons (Fsp3) is 0.333. The maximum atomic E-state index is 12.7. The van der Waals surface area contributed by atoms with Gasteiger partial charge in [-0.25, -0.2) is 0 Å². The molecule has 2 rings (SSSR count). The molecule has 116 valence electrons. The molecule has 4 nitrogen and oxygen atoms in total. The summed E-state index contributed by atoms with van der Waals surface area (Å²) in [6, 6.07) is 11.5. The molecule has 0 unspecified atom stereocenters. The van der Waals surface area contributed by atoms with Crippen molar-refractivity contribution in [1.29, 1.82) is 0 Å². The number of rotatable bonds is 6. The summed E-state index contributed by atoms with van der Waals surface area (Å²) in [5.74, 6) is -0.0657. The first-order valence-corrected chi connectivity index (χ1v) is 7.67. The van der Waals surface area contributed by atoms with Crippen LogP contribution < -0.4 is 5.73 Å². The summed E-state index contributed by atoms with van der Waals surface area (Å²) in [5.41, 5.74) is 9.08. The topological polar surface area (TPSA) is 59.2 Å². The van der Waals surface area contributed by atoms with E-state index in [9.17, 15) is 4.79 Å². The van der Waals surface area contributed by atoms with Crippen LogP contribution in [0.15, 0.2) is 42.6 Å². The second-order valence-electron chi connectivity index (χ2n) is 5.48. The molecule has 1 aromatic carbocycles. The molecule has 0 spiro atoms. The lowest BCUT2D eigenvalue weighted by Crippen LogP contribution is -2.32. The van der Waals surface area contributed by atoms with Crippen LogP contribution in [0.3, 0.4) is 0 Å². The zero-order valence-corrected chi connectivity index (χ0v) is 13.2. The number of amides is 1. The zero-order valence-electron chi connectivity index (χ0n) is 13.2. The lowest BCUT2D eigenvalue weighted by molar-refractivity contribution is 0.0734. The largest absolute Gasteiger partial charge is 0.399 e. The van der Waals surface area contributed by atoms with Gasteiger partial charge in [-0.15, -0.1) is 0 Å². The molecule has 0 bridgehead atoms. The van der Waals surface area contributed by atoms with Crippen LogP contribution in [0.2, 0.25) is 0 Å². The van der Waals surface area contributed by atoms with Crippen LogP contribution in [0, 0.1) is 6.92 Å². The molecule has 0 aliphatic carbocycles. The Hall–Kier alpha value is -2.36. The number of nitrogens with zero attached hydrogens (tertiary/aromatic N) is 2. The lowest BCUT2D eigenvalue weighted by atomic mass is 10.1. The van der Waals surface area contributed by atoms with Crippen molar-refractivity contribution in [2.75, 3.05) is 12.3 Å². The fourth-order valence-electron chi connectivity index (χ4n) is 2.32. The fourth-order valence-corrected chi connectivity index (χ4v) is 2.32. The summed E-state index contributed by atoms with van der Waals surface area (Å²) in [6.07, 6.45) is 3.59. The first-order chi connectivity index (χ1) is 10.6. The Kier molecular flexibility index (Phi) is 5.53. The van der Waals surface area contributed by atoms with Crippen molar-refractivity contribution in [1.82, 2.24) is 9.88 Å². The summed E-state index contributed by atoms with van der Waals surface area (Å²) in [5, 5.41) is 0. The van der Waals surface area contributed by atoms with E-state index in [1.807, 2.05) is 17.0 Å². The predicted octanol–water partition coefficient (Wildman–Crippen LogP) is 3.41. The molecule has 1 aromatic heterocycles. The van der Waals surface area contributed by atoms with Crippen molar-refractivity contribution in [3.8, 4) is 0 Å². The van der Waals surface area contributed by atoms with Gasteiger partial charge in [0.2, 0.25) is 0 Å². The molecule has 22 heavy (non-hydrogen) atoms. The Morgan fingerprint density at radius 3 is 2.73 bits per heavy atom. The average Bonchev–Trinajstić information content (AvgIpc) is 2.52. The van der Waals surface area contributed by atoms with Crippen LogP contribution >= 0.6 is 0 Å². The molecule has 0 atom stereocenters. The van der Waals surface area contributed by atoms with E-state index in [1.165, 1.54) is 5.56 Å². The summed E-state index contributed by atoms with van der Waals surface area (Å²) in [7, 11) is 0. The molecular weight excluding hydrogens is 274 g/mol. The van der Waals surface area contributed by atoms with Gasteiger partial charge in [-0.3, -0.25) is 9.78 Å². The molecule has 1 amide bonds. The predicted molar refractivity (Wildman–Crippen MR) is 89.5 cm³/mol. The monoisotopic (exact) mass is 297 g/mol. The van der Waals surface area contributed by atoms with E-state index in [4.69, 9.17) is 5.73 Å². The quantitative estimate of drug-likeness (QED) is 0.888. The number of aromatic nitrogens is 1. The van der Waals surface area contributed by atoms with E-state index < -0.39 is 0 Å². The maximum Gasteiger partial charge on any atom is 0.272 e. The Morgan fingerprint density at radius 1 is 1.27 bits per heavy atom. The van der Waals surface area contributed by atoms with Crippen molar-refractivity contribution < 1.29 is 4.79 Å². The minimum Gasteiger partial charge on any atom is -0.399 e. The first-order valence-electron chi connectivity index (χ1n) is 7.67. The van der Waals surface area contributed by atoms with Crippen molar-refractivity contribution in [2.24, 2.45) is 0 Å². The molecule has 0 saturated carbocycles. The zero-order chi connectivity index (χ0) is 15.9. The van der Waals surface area contributed by atoms with Crippen LogP contribution in [-0.2, 0) is 6.54 Å². The molecule has 0 saturated heterocycles. The molecule has 2 aromatic rings. The number of aryl methyl sites for hydroxylation is 1. The third kappa shape index (κ3) is 4.07. The van der Waals surface area contributed by atoms with E-state index in [0.29, 0.717) is 17.9 Å². The minimum absolute atomic E-state index is 0.0657. The number of hydrogen-bond acceptors (Lipinski definition) is 3. The number of benzene rings is 1. The van der Waals surface area contributed by atoms with Crippen molar-refractivity contribution in [3.63, 3.8) is 0 Å². The Balaban J connectivity index is 2.22. The average molecular weight is 297 g/mol. The van der Waals surface area contributed by atoms with Gasteiger partial charge in [0, 0.05) is 25.0 Å². The normalized spacial score (nSPS) is 10.5. The SMILES string of the molecule is CCCCN(Cc1ccccc1C)C(=O)c1cc(N)ccn1. The highest BCUT2D eigenvalue weighted by atomic mass is 16.2. The molecule has 2 N–H and O–H groups in total. The smallest absolute Gasteiger partial charge is 0.272 e. The number of anilines is 1. The van der Waals surface area contributed by atoms with Gasteiger partial charge >= 0.3 is 0 Å². The van der Waals surface area contributed by atoms with Gasteiger partial charge in [-0.05, 0) is 36.6 Å². The van der Waals surface area contributed by atoms with Crippen LogP contribution in [-0.4, -0.2) is 22.3 Å². The Morgan fingerprint density at radius 2 is 2.05 bits per heavy atom. The number of nitrogen functional groups attached to an aromatic ring is 1. The Labute approximate surface area is 132 Å². The maximum absolute atomic E-state index is 12.7. The minimum atomic E-state index is -0.0657. The van der Waals surface area contributed by atoms with Crippen LogP contribution in [0.4, 0.5) is 5.69 Å². The van der Waals surface area contributed by atoms with Gasteiger partial charge in [-0.1, -0.05) is 37.6 Å². The van der Waals surface area contributed by atoms with E-state index in [1.54, 1.807) is 18.3 Å². The van der Waals surface area contributed by atoms with Crippen LogP contribution in [0.5, 0.6) is 0 Å². The van der Waals surface area contributed by atoms with Gasteiger partial charge in [0.05, 0.1) is 0 Å². The molecule has 0 radical (unpaired) electrons. The summed E-state index contributed by atoms with van der Waals surface area (Å²) >= 11 is 0. The number of carbonyl (C=O) groups is 1. The van der Waals surface area contributed by atoms with Crippen molar-refractivity contribution >= 4 is 11.6 Å². The van der Waals surface area contributed by atoms with Gasteiger partial charge in [0.15, 0.2) is 0 Å². The lowest BCUT2D eigenvalue weighted by Gasteiger charge is -2.23. The summed E-state index contributed by atoms with van der Waals surface area (Å²) in [6.45, 7) is 5.51. The molecule has 0 aliphatic heterocycles. The van der Waals surface area contributed by atoms with Gasteiger partial charge in [0.25, 0.3) is 5.91 Å². The molecule has 0 aliphatic rings. The van der Waals surface area contributed by atoms with E-state index in [2.05, 4.69) is 31.0 Å². The number of pyridine rings is 1. The number of unbranched alkanes of at least 4 members (excludes halogenated alkanes) is 1. The molecule has 1 heterocycles. The van der Waals surface area contributed by atoms with Crippen molar-refractivity contribution in [2.45, 2.75) is 33.2 Å². The summed E-state index contributed by atoms with van der Waals surface area (Å²) in [4.78, 5) is 18.7. The van der Waals surface area contributed by atoms with Gasteiger partial charge < -0.3 is 10.6 Å². The van der Waals surface area contributed by atoms with E-state index in [-0.39, 0.29) is 5.91 Å². The number of carbonyl (C=O) groups excluding carboxylic acids is 1. The molecular formula is C18H23N3O. The second kappa shape index (κ2) is 7.59. The second-order valence-corrected chi connectivity index (χ2v) is 5.48. The number of nitrogens with two attached hydrogens (primary N) is 1. The van der Waals surface area contributed by atoms with Crippen molar-refractivity contribution in [3.05, 3.63) is 59.4 Å². The first kappa shape index (κ1) is 16.0.